The van der Waals surface area contributed by atoms with E-state index in [4.69, 9.17) is 0 Å². The number of carboxylic acid groups (broad SMARTS) is 1. The number of unbranched alkanes of at least 4 members (excludes halogenated alkanes) is 1. The largest absolute Gasteiger partial charge is 0.478 e. The van der Waals surface area contributed by atoms with E-state index >= 15 is 0 Å². The van der Waals surface area contributed by atoms with Crippen LogP contribution in [0.1, 0.15) is 67.1 Å². The number of likely N-dealkylation sites (N-methyl/N-ethyl adjacent to an activating group) is 1. The van der Waals surface area contributed by atoms with Gasteiger partial charge in [-0.15, -0.1) is 0 Å². The first-order valence-corrected chi connectivity index (χ1v) is 14.3. The molecule has 0 aliphatic heterocycles. The van der Waals surface area contributed by atoms with Crippen molar-refractivity contribution in [1.82, 2.24) is 9.47 Å². The fraction of sp³-hybridized carbons (Fsp3) is 0.429. The number of nitrogens with zero attached hydrogens (tertiary/aromatic N) is 2. The SMILES string of the molecule is CCCCC(CC)c1c(C2=CC=CC(S(C)(=O)=O)C=C2)n(CC(=O)N(C)C)c2cc(C(=O)O)ccc12. The van der Waals surface area contributed by atoms with Gasteiger partial charge in [0.2, 0.25) is 5.91 Å². The maximum Gasteiger partial charge on any atom is 0.335 e. The zero-order valence-electron chi connectivity index (χ0n) is 21.7. The number of carbonyl (C=O) groups excluding carboxylic acids is 1. The quantitative estimate of drug-likeness (QED) is 0.481. The van der Waals surface area contributed by atoms with Crippen LogP contribution in [-0.4, -0.2) is 60.5 Å². The van der Waals surface area contributed by atoms with E-state index in [1.54, 1.807) is 44.5 Å². The molecule has 0 saturated heterocycles. The number of aromatic nitrogens is 1. The molecule has 0 radical (unpaired) electrons. The summed E-state index contributed by atoms with van der Waals surface area (Å²) in [5.41, 5.74) is 3.54. The fourth-order valence-corrected chi connectivity index (χ4v) is 5.45. The second kappa shape index (κ2) is 11.3. The molecule has 2 atom stereocenters. The van der Waals surface area contributed by atoms with Gasteiger partial charge in [0.05, 0.1) is 22.0 Å². The number of hydrogen-bond donors (Lipinski definition) is 1. The summed E-state index contributed by atoms with van der Waals surface area (Å²) in [4.78, 5) is 26.3. The van der Waals surface area contributed by atoms with Gasteiger partial charge in [-0.05, 0) is 42.0 Å². The van der Waals surface area contributed by atoms with Crippen LogP contribution in [0.15, 0.2) is 48.6 Å². The average molecular weight is 513 g/mol. The highest BCUT2D eigenvalue weighted by atomic mass is 32.2. The summed E-state index contributed by atoms with van der Waals surface area (Å²) in [5, 5.41) is 9.85. The summed E-state index contributed by atoms with van der Waals surface area (Å²) < 4.78 is 26.3. The molecule has 7 nitrogen and oxygen atoms in total. The lowest BCUT2D eigenvalue weighted by Crippen LogP contribution is -2.27. The molecule has 0 spiro atoms. The maximum absolute atomic E-state index is 12.9. The second-order valence-electron chi connectivity index (χ2n) is 9.58. The third kappa shape index (κ3) is 5.81. The normalized spacial score (nSPS) is 16.6. The number of carbonyl (C=O) groups is 2. The molecule has 0 bridgehead atoms. The van der Waals surface area contributed by atoms with Gasteiger partial charge in [-0.25, -0.2) is 13.2 Å². The number of sulfone groups is 1. The van der Waals surface area contributed by atoms with Crippen LogP contribution >= 0.6 is 0 Å². The van der Waals surface area contributed by atoms with Gasteiger partial charge >= 0.3 is 5.97 Å². The Morgan fingerprint density at radius 2 is 1.89 bits per heavy atom. The maximum atomic E-state index is 12.9. The Balaban J connectivity index is 2.38. The van der Waals surface area contributed by atoms with Gasteiger partial charge in [-0.1, -0.05) is 63.1 Å². The molecule has 1 heterocycles. The smallest absolute Gasteiger partial charge is 0.335 e. The predicted octanol–water partition coefficient (Wildman–Crippen LogP) is 5.03. The molecule has 2 aromatic rings. The van der Waals surface area contributed by atoms with E-state index in [1.807, 2.05) is 22.8 Å². The van der Waals surface area contributed by atoms with E-state index in [0.717, 1.165) is 47.9 Å². The number of carboxylic acids is 1. The van der Waals surface area contributed by atoms with Crippen molar-refractivity contribution in [3.8, 4) is 0 Å². The average Bonchev–Trinajstić information content (AvgIpc) is 2.96. The monoisotopic (exact) mass is 512 g/mol. The summed E-state index contributed by atoms with van der Waals surface area (Å²) in [6.07, 6.45) is 13.9. The van der Waals surface area contributed by atoms with Gasteiger partial charge in [-0.2, -0.15) is 0 Å². The van der Waals surface area contributed by atoms with Crippen LogP contribution in [0.4, 0.5) is 0 Å². The molecule has 8 heteroatoms. The third-order valence-corrected chi connectivity index (χ3v) is 8.06. The van der Waals surface area contributed by atoms with Crippen molar-refractivity contribution in [3.05, 3.63) is 65.4 Å². The number of hydrogen-bond acceptors (Lipinski definition) is 4. The first-order valence-electron chi connectivity index (χ1n) is 12.3. The van der Waals surface area contributed by atoms with Crippen LogP contribution in [-0.2, 0) is 21.2 Å². The molecule has 194 valence electrons. The second-order valence-corrected chi connectivity index (χ2v) is 11.8. The Morgan fingerprint density at radius 3 is 2.47 bits per heavy atom. The van der Waals surface area contributed by atoms with Crippen molar-refractivity contribution < 1.29 is 23.1 Å². The van der Waals surface area contributed by atoms with Gasteiger partial charge in [0, 0.05) is 25.7 Å². The number of fused-ring (bicyclic) bond motifs is 1. The highest BCUT2D eigenvalue weighted by Crippen LogP contribution is 2.41. The van der Waals surface area contributed by atoms with Crippen molar-refractivity contribution in [2.45, 2.75) is 57.2 Å². The highest BCUT2D eigenvalue weighted by Gasteiger charge is 2.27. The molecule has 36 heavy (non-hydrogen) atoms. The van der Waals surface area contributed by atoms with Gasteiger partial charge in [0.15, 0.2) is 9.84 Å². The highest BCUT2D eigenvalue weighted by molar-refractivity contribution is 7.91. The topological polar surface area (TPSA) is 96.7 Å². The lowest BCUT2D eigenvalue weighted by atomic mass is 9.87. The van der Waals surface area contributed by atoms with Crippen molar-refractivity contribution in [2.24, 2.45) is 0 Å². The molecule has 1 aliphatic rings. The van der Waals surface area contributed by atoms with Crippen LogP contribution in [0, 0.1) is 0 Å². The predicted molar refractivity (Wildman–Crippen MR) is 145 cm³/mol. The number of amides is 1. The molecule has 1 N–H and O–H groups in total. The van der Waals surface area contributed by atoms with E-state index in [2.05, 4.69) is 13.8 Å². The van der Waals surface area contributed by atoms with Gasteiger partial charge in [-0.3, -0.25) is 4.79 Å². The van der Waals surface area contributed by atoms with Gasteiger partial charge in [0.25, 0.3) is 0 Å². The van der Waals surface area contributed by atoms with Crippen molar-refractivity contribution in [3.63, 3.8) is 0 Å². The van der Waals surface area contributed by atoms with E-state index in [1.165, 1.54) is 11.2 Å². The molecule has 3 rings (SSSR count). The summed E-state index contributed by atoms with van der Waals surface area (Å²) >= 11 is 0. The Morgan fingerprint density at radius 1 is 1.17 bits per heavy atom. The molecule has 0 fully saturated rings. The standard InChI is InChI=1S/C28H36N2O5S/c1-6-8-10-19(7-2)26-23-16-14-21(28(32)33)17-24(23)30(18-25(31)29(3)4)27(26)20-11-9-12-22(15-13-20)36(5,34)35/h9,11-17,19,22H,6-8,10,18H2,1-5H3,(H,32,33). The minimum Gasteiger partial charge on any atom is -0.478 e. The molecule has 1 aromatic heterocycles. The third-order valence-electron chi connectivity index (χ3n) is 6.76. The number of benzene rings is 1. The number of allylic oxidation sites excluding steroid dienone is 4. The van der Waals surface area contributed by atoms with Gasteiger partial charge in [0.1, 0.15) is 6.54 Å². The first kappa shape index (κ1) is 27.5. The summed E-state index contributed by atoms with van der Waals surface area (Å²) in [6, 6.07) is 5.09. The number of aromatic carboxylic acids is 1. The van der Waals surface area contributed by atoms with Crippen LogP contribution < -0.4 is 0 Å². The Labute approximate surface area is 213 Å². The van der Waals surface area contributed by atoms with E-state index in [0.29, 0.717) is 5.52 Å². The Bertz CT molecular complexity index is 1350. The van der Waals surface area contributed by atoms with Crippen LogP contribution in [0.5, 0.6) is 0 Å². The van der Waals surface area contributed by atoms with Crippen molar-refractivity contribution >= 4 is 38.2 Å². The fourth-order valence-electron chi connectivity index (χ4n) is 4.71. The van der Waals surface area contributed by atoms with Crippen LogP contribution in [0.25, 0.3) is 16.5 Å². The first-order chi connectivity index (χ1) is 17.0. The number of rotatable bonds is 10. The zero-order chi connectivity index (χ0) is 26.6. The lowest BCUT2D eigenvalue weighted by molar-refractivity contribution is -0.129. The molecular formula is C28H36N2O5S. The molecule has 0 saturated carbocycles. The molecule has 2 unspecified atom stereocenters. The van der Waals surface area contributed by atoms with E-state index in [9.17, 15) is 23.1 Å². The van der Waals surface area contributed by atoms with Crippen molar-refractivity contribution in [1.29, 1.82) is 0 Å². The summed E-state index contributed by atoms with van der Waals surface area (Å²) in [6.45, 7) is 4.33. The molecule has 1 aliphatic carbocycles. The van der Waals surface area contributed by atoms with Crippen LogP contribution in [0.3, 0.4) is 0 Å². The molecule has 1 amide bonds. The minimum absolute atomic E-state index is 0.0382. The Hall–Kier alpha value is -3.13. The lowest BCUT2D eigenvalue weighted by Gasteiger charge is -2.20. The zero-order valence-corrected chi connectivity index (χ0v) is 22.5. The summed E-state index contributed by atoms with van der Waals surface area (Å²) in [7, 11) is 0.0663. The summed E-state index contributed by atoms with van der Waals surface area (Å²) in [5.74, 6) is -0.955. The molecular weight excluding hydrogens is 476 g/mol. The van der Waals surface area contributed by atoms with Crippen molar-refractivity contribution in [2.75, 3.05) is 20.4 Å². The van der Waals surface area contributed by atoms with Crippen LogP contribution in [0.2, 0.25) is 0 Å². The Kier molecular flexibility index (Phi) is 8.61. The minimum atomic E-state index is -3.32. The molecule has 1 aromatic carbocycles. The van der Waals surface area contributed by atoms with E-state index < -0.39 is 21.1 Å². The van der Waals surface area contributed by atoms with E-state index in [-0.39, 0.29) is 23.9 Å². The van der Waals surface area contributed by atoms with Gasteiger partial charge < -0.3 is 14.6 Å².